The topological polar surface area (TPSA) is 9.23 Å². The molecule has 1 aromatic carbocycles. The van der Waals surface area contributed by atoms with Crippen LogP contribution in [0.15, 0.2) is 24.8 Å². The molecule has 4 rings (SSSR count). The van der Waals surface area contributed by atoms with Gasteiger partial charge in [0.15, 0.2) is 11.6 Å². The minimum absolute atomic E-state index is 0.209. The molecular weight excluding hydrogens is 347 g/mol. The number of ether oxygens (including phenoxy) is 1. The SMILES string of the molecule is C=CCOc1cc2c(cc1F)CC(C1CCC3CC(CCC)CCC3C1)CC2. The number of hydrogen-bond donors (Lipinski definition) is 0. The highest BCUT2D eigenvalue weighted by Crippen LogP contribution is 2.49. The van der Waals surface area contributed by atoms with Gasteiger partial charge in [-0.1, -0.05) is 38.8 Å². The van der Waals surface area contributed by atoms with E-state index in [4.69, 9.17) is 4.74 Å². The summed E-state index contributed by atoms with van der Waals surface area (Å²) in [5.74, 6) is 4.77. The number of benzene rings is 1. The molecule has 0 N–H and O–H groups in total. The molecule has 0 heterocycles. The summed E-state index contributed by atoms with van der Waals surface area (Å²) in [6.45, 7) is 6.35. The van der Waals surface area contributed by atoms with Crippen molar-refractivity contribution in [1.82, 2.24) is 0 Å². The number of rotatable bonds is 6. The molecule has 154 valence electrons. The first kappa shape index (κ1) is 20.0. The van der Waals surface area contributed by atoms with Gasteiger partial charge in [0.1, 0.15) is 6.61 Å². The summed E-state index contributed by atoms with van der Waals surface area (Å²) in [6, 6.07) is 3.69. The second kappa shape index (κ2) is 9.01. The van der Waals surface area contributed by atoms with Crippen LogP contribution in [0, 0.1) is 35.4 Å². The van der Waals surface area contributed by atoms with Gasteiger partial charge >= 0.3 is 0 Å². The molecule has 1 nitrogen and oxygen atoms in total. The Kier molecular flexibility index (Phi) is 6.43. The summed E-state index contributed by atoms with van der Waals surface area (Å²) in [7, 11) is 0. The lowest BCUT2D eigenvalue weighted by Gasteiger charge is -2.45. The molecule has 0 radical (unpaired) electrons. The van der Waals surface area contributed by atoms with E-state index in [0.717, 1.165) is 42.4 Å². The standard InChI is InChI=1S/C26H37FO/c1-3-5-18-6-7-20-14-21(9-8-19(20)13-18)22-10-11-23-17-26(28-12-4-2)25(27)16-24(23)15-22/h4,16-22H,2-3,5-15H2,1H3. The van der Waals surface area contributed by atoms with Crippen molar-refractivity contribution in [3.8, 4) is 5.75 Å². The van der Waals surface area contributed by atoms with Crippen molar-refractivity contribution < 1.29 is 9.13 Å². The Morgan fingerprint density at radius 3 is 2.54 bits per heavy atom. The summed E-state index contributed by atoms with van der Waals surface area (Å²) < 4.78 is 19.9. The van der Waals surface area contributed by atoms with Crippen molar-refractivity contribution in [1.29, 1.82) is 0 Å². The van der Waals surface area contributed by atoms with E-state index in [1.165, 1.54) is 68.9 Å². The van der Waals surface area contributed by atoms with Crippen molar-refractivity contribution in [3.05, 3.63) is 41.7 Å². The Morgan fingerprint density at radius 2 is 1.75 bits per heavy atom. The van der Waals surface area contributed by atoms with Gasteiger partial charge < -0.3 is 4.74 Å². The van der Waals surface area contributed by atoms with Crippen LogP contribution < -0.4 is 4.74 Å². The quantitative estimate of drug-likeness (QED) is 0.474. The van der Waals surface area contributed by atoms with Crippen molar-refractivity contribution in [3.63, 3.8) is 0 Å². The monoisotopic (exact) mass is 384 g/mol. The molecule has 28 heavy (non-hydrogen) atoms. The molecule has 3 aliphatic carbocycles. The van der Waals surface area contributed by atoms with E-state index in [1.807, 2.05) is 6.07 Å². The molecule has 0 bridgehead atoms. The normalized spacial score (nSPS) is 32.3. The van der Waals surface area contributed by atoms with Crippen LogP contribution in [0.3, 0.4) is 0 Å². The van der Waals surface area contributed by atoms with Crippen LogP contribution in [0.1, 0.15) is 75.8 Å². The average Bonchev–Trinajstić information content (AvgIpc) is 2.71. The molecule has 3 aliphatic rings. The van der Waals surface area contributed by atoms with Gasteiger partial charge in [-0.15, -0.1) is 0 Å². The van der Waals surface area contributed by atoms with Crippen molar-refractivity contribution in [2.75, 3.05) is 6.61 Å². The zero-order valence-corrected chi connectivity index (χ0v) is 17.6. The number of halogens is 1. The fourth-order valence-electron chi connectivity index (χ4n) is 6.57. The van der Waals surface area contributed by atoms with Crippen LogP contribution in [-0.4, -0.2) is 6.61 Å². The van der Waals surface area contributed by atoms with E-state index >= 15 is 0 Å². The maximum absolute atomic E-state index is 14.4. The summed E-state index contributed by atoms with van der Waals surface area (Å²) in [5, 5.41) is 0. The zero-order valence-electron chi connectivity index (χ0n) is 17.6. The first-order valence-electron chi connectivity index (χ1n) is 11.7. The summed E-state index contributed by atoms with van der Waals surface area (Å²) in [6.07, 6.45) is 16.6. The third kappa shape index (κ3) is 4.31. The molecule has 5 unspecified atom stereocenters. The van der Waals surface area contributed by atoms with E-state index < -0.39 is 0 Å². The van der Waals surface area contributed by atoms with Gasteiger partial charge in [-0.05, 0) is 104 Å². The average molecular weight is 385 g/mol. The van der Waals surface area contributed by atoms with Crippen molar-refractivity contribution >= 4 is 0 Å². The minimum Gasteiger partial charge on any atom is -0.486 e. The van der Waals surface area contributed by atoms with E-state index in [9.17, 15) is 4.39 Å². The molecule has 0 spiro atoms. The Labute approximate surface area is 170 Å². The van der Waals surface area contributed by atoms with Crippen LogP contribution in [0.2, 0.25) is 0 Å². The Hall–Kier alpha value is -1.31. The lowest BCUT2D eigenvalue weighted by Crippen LogP contribution is -2.35. The highest BCUT2D eigenvalue weighted by molar-refractivity contribution is 5.39. The molecule has 2 heteroatoms. The molecule has 0 saturated heterocycles. The highest BCUT2D eigenvalue weighted by atomic mass is 19.1. The number of fused-ring (bicyclic) bond motifs is 2. The van der Waals surface area contributed by atoms with Gasteiger partial charge in [0.25, 0.3) is 0 Å². The fraction of sp³-hybridized carbons (Fsp3) is 0.692. The van der Waals surface area contributed by atoms with Gasteiger partial charge in [0, 0.05) is 0 Å². The van der Waals surface area contributed by atoms with Gasteiger partial charge in [-0.3, -0.25) is 0 Å². The Balaban J connectivity index is 1.37. The first-order valence-corrected chi connectivity index (χ1v) is 11.7. The van der Waals surface area contributed by atoms with E-state index in [0.29, 0.717) is 12.4 Å². The minimum atomic E-state index is -0.209. The maximum atomic E-state index is 14.4. The fourth-order valence-corrected chi connectivity index (χ4v) is 6.57. The summed E-state index contributed by atoms with van der Waals surface area (Å²) in [5.41, 5.74) is 2.53. The molecule has 0 aromatic heterocycles. The van der Waals surface area contributed by atoms with Crippen molar-refractivity contribution in [2.24, 2.45) is 29.6 Å². The summed E-state index contributed by atoms with van der Waals surface area (Å²) in [4.78, 5) is 0. The second-order valence-electron chi connectivity index (χ2n) is 9.71. The Morgan fingerprint density at radius 1 is 1.00 bits per heavy atom. The van der Waals surface area contributed by atoms with E-state index in [1.54, 1.807) is 12.1 Å². The molecule has 2 fully saturated rings. The molecule has 1 aromatic rings. The van der Waals surface area contributed by atoms with Gasteiger partial charge in [-0.25, -0.2) is 4.39 Å². The lowest BCUT2D eigenvalue weighted by atomic mass is 9.61. The van der Waals surface area contributed by atoms with Gasteiger partial charge in [0.2, 0.25) is 0 Å². The summed E-state index contributed by atoms with van der Waals surface area (Å²) >= 11 is 0. The molecule has 0 amide bonds. The molecule has 5 atom stereocenters. The van der Waals surface area contributed by atoms with Gasteiger partial charge in [-0.2, -0.15) is 0 Å². The largest absolute Gasteiger partial charge is 0.486 e. The van der Waals surface area contributed by atoms with Crippen molar-refractivity contribution in [2.45, 2.75) is 77.6 Å². The van der Waals surface area contributed by atoms with E-state index in [-0.39, 0.29) is 5.82 Å². The second-order valence-corrected chi connectivity index (χ2v) is 9.71. The lowest BCUT2D eigenvalue weighted by molar-refractivity contribution is 0.0694. The number of aryl methyl sites for hydroxylation is 1. The van der Waals surface area contributed by atoms with E-state index in [2.05, 4.69) is 13.5 Å². The smallest absolute Gasteiger partial charge is 0.165 e. The Bertz CT molecular complexity index is 681. The molecular formula is C26H37FO. The maximum Gasteiger partial charge on any atom is 0.165 e. The van der Waals surface area contributed by atoms with Crippen LogP contribution >= 0.6 is 0 Å². The third-order valence-electron chi connectivity index (χ3n) is 8.00. The first-order chi connectivity index (χ1) is 13.7. The zero-order chi connectivity index (χ0) is 19.5. The third-order valence-corrected chi connectivity index (χ3v) is 8.00. The number of hydrogen-bond acceptors (Lipinski definition) is 1. The molecule has 2 saturated carbocycles. The predicted octanol–water partition coefficient (Wildman–Crippen LogP) is 7.13. The van der Waals surface area contributed by atoms with Gasteiger partial charge in [0.05, 0.1) is 0 Å². The van der Waals surface area contributed by atoms with Crippen LogP contribution in [0.25, 0.3) is 0 Å². The predicted molar refractivity (Wildman–Crippen MR) is 114 cm³/mol. The van der Waals surface area contributed by atoms with Crippen LogP contribution in [0.5, 0.6) is 5.75 Å². The van der Waals surface area contributed by atoms with Crippen LogP contribution in [0.4, 0.5) is 4.39 Å². The molecule has 0 aliphatic heterocycles. The van der Waals surface area contributed by atoms with Crippen LogP contribution in [-0.2, 0) is 12.8 Å². The highest BCUT2D eigenvalue weighted by Gasteiger charge is 2.38.